The number of hydrogen-bond acceptors (Lipinski definition) is 19. The van der Waals surface area contributed by atoms with Crippen LogP contribution in [0.2, 0.25) is 0 Å². The molecule has 17 nitrogen and oxygen atoms in total. The van der Waals surface area contributed by atoms with Gasteiger partial charge in [-0.15, -0.1) is 0 Å². The molecule has 3 saturated heterocycles. The molecule has 4 aliphatic rings. The molecule has 54 heavy (non-hydrogen) atoms. The number of nitrogens with two attached hydrogens (primary N) is 5. The third-order valence-corrected chi connectivity index (χ3v) is 13.1. The van der Waals surface area contributed by atoms with Crippen LogP contribution in [0.4, 0.5) is 0 Å². The van der Waals surface area contributed by atoms with Crippen LogP contribution in [0.15, 0.2) is 0 Å². The summed E-state index contributed by atoms with van der Waals surface area (Å²) in [4.78, 5) is 0. The van der Waals surface area contributed by atoms with Crippen molar-refractivity contribution in [1.82, 2.24) is 0 Å². The van der Waals surface area contributed by atoms with Crippen molar-refractivity contribution in [1.29, 1.82) is 0 Å². The van der Waals surface area contributed by atoms with Gasteiger partial charge in [-0.25, -0.2) is 0 Å². The monoisotopic (exact) mass is 815 g/mol. The van der Waals surface area contributed by atoms with E-state index in [1.807, 2.05) is 0 Å². The molecule has 1 saturated carbocycles. The molecule has 3 heterocycles. The maximum Gasteiger partial charge on any atom is 0.187 e. The van der Waals surface area contributed by atoms with Gasteiger partial charge in [0.15, 0.2) is 18.9 Å². The highest BCUT2D eigenvalue weighted by Gasteiger charge is 2.54. The number of rotatable bonds is 21. The number of aliphatic hydroxyl groups is 6. The van der Waals surface area contributed by atoms with Crippen LogP contribution in [0.3, 0.4) is 0 Å². The summed E-state index contributed by atoms with van der Waals surface area (Å²) in [6, 6.07) is -3.91. The standard InChI is InChI=1S/C35H69N5O12S2/c1-3-5-7-9-11-53-15-20-26(43)28(45)23(40)34(48-20)50-30-18(38)13-17(37)24(41)32(30)52-35-29(46)31(21(49-35)16-54-12-10-8-6-4-2)51-33-22(39)27(44)25(42)19(14-36)47-33/h17-35,41-46H,3-16,36-40H2,1-2H3/t17-,18+,19?,20-,21-,22-,23-,24+,25-,26-,27-,28-,29-,30-,31-,32-,33-,34-,35+/m1/s1. The van der Waals surface area contributed by atoms with E-state index in [-0.39, 0.29) is 13.0 Å². The van der Waals surface area contributed by atoms with Crippen molar-refractivity contribution in [3.8, 4) is 0 Å². The minimum atomic E-state index is -1.45. The average Bonchev–Trinajstić information content (AvgIpc) is 3.44. The normalized spacial score (nSPS) is 44.5. The second-order valence-electron chi connectivity index (χ2n) is 15.1. The van der Waals surface area contributed by atoms with Crippen LogP contribution < -0.4 is 28.7 Å². The van der Waals surface area contributed by atoms with Crippen molar-refractivity contribution >= 4 is 23.5 Å². The van der Waals surface area contributed by atoms with Crippen LogP contribution in [0.5, 0.6) is 0 Å². The van der Waals surface area contributed by atoms with E-state index in [9.17, 15) is 30.6 Å². The van der Waals surface area contributed by atoms with Gasteiger partial charge in [0.25, 0.3) is 0 Å². The fraction of sp³-hybridized carbons (Fsp3) is 1.00. The van der Waals surface area contributed by atoms with E-state index in [4.69, 9.17) is 57.1 Å². The number of aliphatic hydroxyl groups excluding tert-OH is 6. The quantitative estimate of drug-likeness (QED) is 0.0547. The fourth-order valence-corrected chi connectivity index (χ4v) is 9.49. The van der Waals surface area contributed by atoms with E-state index in [2.05, 4.69) is 13.8 Å². The van der Waals surface area contributed by atoms with Gasteiger partial charge in [-0.2, -0.15) is 23.5 Å². The molecule has 0 aromatic rings. The summed E-state index contributed by atoms with van der Waals surface area (Å²) < 4.78 is 37.1. The average molecular weight is 816 g/mol. The third kappa shape index (κ3) is 12.0. The molecule has 4 fully saturated rings. The van der Waals surface area contributed by atoms with Crippen LogP contribution in [-0.2, 0) is 28.4 Å². The Kier molecular flexibility index (Phi) is 19.9. The van der Waals surface area contributed by atoms with Gasteiger partial charge in [-0.1, -0.05) is 52.4 Å². The predicted octanol–water partition coefficient (Wildman–Crippen LogP) is -2.22. The lowest BCUT2D eigenvalue weighted by Gasteiger charge is -2.47. The highest BCUT2D eigenvalue weighted by atomic mass is 32.2. The Hall–Kier alpha value is 0.0200. The first-order chi connectivity index (χ1) is 25.8. The van der Waals surface area contributed by atoms with Gasteiger partial charge in [0, 0.05) is 30.1 Å². The molecule has 0 amide bonds. The maximum absolute atomic E-state index is 11.7. The Labute approximate surface area is 328 Å². The lowest BCUT2D eigenvalue weighted by molar-refractivity contribution is -0.305. The Morgan fingerprint density at radius 2 is 1.00 bits per heavy atom. The minimum Gasteiger partial charge on any atom is -0.389 e. The van der Waals surface area contributed by atoms with Crippen LogP contribution in [0, 0.1) is 0 Å². The van der Waals surface area contributed by atoms with Gasteiger partial charge in [-0.05, 0) is 30.8 Å². The number of thioether (sulfide) groups is 2. The molecule has 19 atom stereocenters. The highest BCUT2D eigenvalue weighted by molar-refractivity contribution is 7.99. The van der Waals surface area contributed by atoms with Crippen LogP contribution in [0.25, 0.3) is 0 Å². The second kappa shape index (κ2) is 23.0. The molecule has 0 radical (unpaired) electrons. The van der Waals surface area contributed by atoms with E-state index >= 15 is 0 Å². The molecule has 318 valence electrons. The molecule has 0 aromatic carbocycles. The predicted molar refractivity (Wildman–Crippen MR) is 205 cm³/mol. The van der Waals surface area contributed by atoms with Gasteiger partial charge in [0.05, 0.1) is 30.4 Å². The summed E-state index contributed by atoms with van der Waals surface area (Å²) in [6.07, 6.45) is -8.92. The second-order valence-corrected chi connectivity index (χ2v) is 17.4. The number of ether oxygens (including phenoxy) is 6. The molecule has 0 bridgehead atoms. The molecule has 0 spiro atoms. The summed E-state index contributed by atoms with van der Waals surface area (Å²) >= 11 is 3.22. The van der Waals surface area contributed by atoms with Gasteiger partial charge in [-0.3, -0.25) is 0 Å². The van der Waals surface area contributed by atoms with Crippen molar-refractivity contribution in [2.24, 2.45) is 28.7 Å². The van der Waals surface area contributed by atoms with Crippen LogP contribution in [-0.4, -0.2) is 176 Å². The van der Waals surface area contributed by atoms with Gasteiger partial charge in [0.1, 0.15) is 54.9 Å². The molecular weight excluding hydrogens is 747 g/mol. The van der Waals surface area contributed by atoms with Crippen LogP contribution in [0.1, 0.15) is 71.6 Å². The summed E-state index contributed by atoms with van der Waals surface area (Å²) in [7, 11) is 0. The van der Waals surface area contributed by atoms with E-state index < -0.39 is 116 Å². The summed E-state index contributed by atoms with van der Waals surface area (Å²) in [6.45, 7) is 4.18. The molecule has 1 aliphatic carbocycles. The molecule has 16 N–H and O–H groups in total. The molecule has 3 aliphatic heterocycles. The highest BCUT2D eigenvalue weighted by Crippen LogP contribution is 2.35. The van der Waals surface area contributed by atoms with E-state index in [0.717, 1.165) is 62.9 Å². The first-order valence-electron chi connectivity index (χ1n) is 19.7. The van der Waals surface area contributed by atoms with E-state index in [0.29, 0.717) is 11.5 Å². The summed E-state index contributed by atoms with van der Waals surface area (Å²) in [5, 5.41) is 65.7. The molecule has 1 unspecified atom stereocenters. The zero-order valence-electron chi connectivity index (χ0n) is 31.7. The van der Waals surface area contributed by atoms with Crippen molar-refractivity contribution in [2.75, 3.05) is 29.6 Å². The summed E-state index contributed by atoms with van der Waals surface area (Å²) in [5.41, 5.74) is 31.1. The number of hydrogen-bond donors (Lipinski definition) is 11. The Morgan fingerprint density at radius 1 is 0.519 bits per heavy atom. The number of unbranched alkanes of at least 4 members (excludes halogenated alkanes) is 6. The molecular formula is C35H69N5O12S2. The largest absolute Gasteiger partial charge is 0.389 e. The van der Waals surface area contributed by atoms with Crippen molar-refractivity contribution in [2.45, 2.75) is 188 Å². The molecule has 0 aromatic heterocycles. The minimum absolute atomic E-state index is 0.109. The van der Waals surface area contributed by atoms with Gasteiger partial charge in [0.2, 0.25) is 0 Å². The zero-order chi connectivity index (χ0) is 39.5. The molecule has 4 rings (SSSR count). The van der Waals surface area contributed by atoms with Crippen LogP contribution >= 0.6 is 23.5 Å². The van der Waals surface area contributed by atoms with Crippen molar-refractivity contribution in [3.63, 3.8) is 0 Å². The first kappa shape index (κ1) is 46.7. The Balaban J connectivity index is 1.48. The maximum atomic E-state index is 11.7. The van der Waals surface area contributed by atoms with Crippen molar-refractivity contribution < 1.29 is 59.1 Å². The smallest absolute Gasteiger partial charge is 0.187 e. The summed E-state index contributed by atoms with van der Waals surface area (Å²) in [5.74, 6) is 2.51. The lowest BCUT2D eigenvalue weighted by atomic mass is 9.84. The fourth-order valence-electron chi connectivity index (χ4n) is 7.33. The third-order valence-electron chi connectivity index (χ3n) is 10.8. The molecule has 19 heteroatoms. The Morgan fingerprint density at radius 3 is 1.56 bits per heavy atom. The van der Waals surface area contributed by atoms with Gasteiger partial charge < -0.3 is 87.7 Å². The van der Waals surface area contributed by atoms with E-state index in [1.54, 1.807) is 23.5 Å². The van der Waals surface area contributed by atoms with Crippen molar-refractivity contribution in [3.05, 3.63) is 0 Å². The van der Waals surface area contributed by atoms with E-state index in [1.165, 1.54) is 0 Å². The topological polar surface area (TPSA) is 307 Å². The lowest BCUT2D eigenvalue weighted by Crippen LogP contribution is -2.68. The van der Waals surface area contributed by atoms with Gasteiger partial charge >= 0.3 is 0 Å². The first-order valence-corrected chi connectivity index (χ1v) is 22.0. The zero-order valence-corrected chi connectivity index (χ0v) is 33.3. The SMILES string of the molecule is CCCCCCSC[C@H]1O[C@H](O[C@H]2[C@H](O[C@@H]3O[C@H](CSCCCCCC)[C@@H](O[C@H]4OC(CN)[C@@H](O)[C@H](O)[C@H]4N)[C@H]3O)[C@@H](O)[C@H](N)C[C@@H]2N)[C@H](N)[C@@H](O)[C@@H]1O. The Bertz CT molecular complexity index is 1070.